The van der Waals surface area contributed by atoms with Gasteiger partial charge in [-0.2, -0.15) is 0 Å². The van der Waals surface area contributed by atoms with Crippen LogP contribution in [-0.4, -0.2) is 107 Å². The van der Waals surface area contributed by atoms with E-state index >= 15 is 0 Å². The summed E-state index contributed by atoms with van der Waals surface area (Å²) in [4.78, 5) is 27.0. The normalized spacial score (nSPS) is 21.7. The predicted octanol–water partition coefficient (Wildman–Crippen LogP) is 2.11. The van der Waals surface area contributed by atoms with Gasteiger partial charge in [-0.15, -0.1) is 0 Å². The van der Waals surface area contributed by atoms with Gasteiger partial charge in [-0.05, 0) is 56.8 Å². The Labute approximate surface area is 236 Å². The summed E-state index contributed by atoms with van der Waals surface area (Å²) in [5, 5.41) is 2.70. The summed E-state index contributed by atoms with van der Waals surface area (Å²) in [6.45, 7) is 9.07. The number of carbonyl (C=O) groups is 1. The number of morpholine rings is 1. The van der Waals surface area contributed by atoms with Crippen molar-refractivity contribution < 1.29 is 19.0 Å². The van der Waals surface area contributed by atoms with E-state index in [2.05, 4.69) is 33.2 Å². The zero-order valence-corrected chi connectivity index (χ0v) is 23.7. The van der Waals surface area contributed by atoms with Gasteiger partial charge in [0, 0.05) is 48.8 Å². The fraction of sp³-hybridized carbons (Fsp3) is 0.500. The monoisotopic (exact) mass is 548 g/mol. The smallest absolute Gasteiger partial charge is 0.257 e. The van der Waals surface area contributed by atoms with Crippen LogP contribution in [0.25, 0.3) is 0 Å². The third kappa shape index (κ3) is 6.29. The number of nitrogens with zero attached hydrogens (tertiary/aromatic N) is 4. The van der Waals surface area contributed by atoms with Crippen LogP contribution in [0.15, 0.2) is 46.4 Å². The first-order chi connectivity index (χ1) is 19.5. The van der Waals surface area contributed by atoms with E-state index in [0.717, 1.165) is 74.9 Å². The fourth-order valence-corrected chi connectivity index (χ4v) is 5.69. The molecule has 2 saturated heterocycles. The van der Waals surface area contributed by atoms with E-state index in [1.165, 1.54) is 5.56 Å². The molecule has 0 spiro atoms. The van der Waals surface area contributed by atoms with Gasteiger partial charge in [0.15, 0.2) is 17.5 Å². The molecule has 3 N–H and O–H groups in total. The van der Waals surface area contributed by atoms with Crippen molar-refractivity contribution in [1.82, 2.24) is 15.1 Å². The average molecular weight is 549 g/mol. The molecule has 0 radical (unpaired) electrons. The summed E-state index contributed by atoms with van der Waals surface area (Å²) in [5.41, 5.74) is 10.6. The predicted molar refractivity (Wildman–Crippen MR) is 156 cm³/mol. The third-order valence-corrected chi connectivity index (χ3v) is 7.83. The van der Waals surface area contributed by atoms with E-state index in [1.807, 2.05) is 25.1 Å². The number of methoxy groups -OCH3 is 1. The molecule has 2 fully saturated rings. The number of guanidine groups is 1. The Bertz CT molecular complexity index is 1260. The maximum absolute atomic E-state index is 12.8. The highest BCUT2D eigenvalue weighted by Gasteiger charge is 2.36. The van der Waals surface area contributed by atoms with Gasteiger partial charge in [-0.3, -0.25) is 25.0 Å². The second kappa shape index (κ2) is 12.8. The maximum atomic E-state index is 12.8. The Morgan fingerprint density at radius 2 is 1.95 bits per heavy atom. The van der Waals surface area contributed by atoms with Crippen molar-refractivity contribution in [3.63, 3.8) is 0 Å². The van der Waals surface area contributed by atoms with E-state index in [-0.39, 0.29) is 23.8 Å². The van der Waals surface area contributed by atoms with Crippen LogP contribution in [0.5, 0.6) is 11.5 Å². The summed E-state index contributed by atoms with van der Waals surface area (Å²) in [7, 11) is 3.82. The van der Waals surface area contributed by atoms with Gasteiger partial charge in [0.25, 0.3) is 5.91 Å². The number of rotatable bonds is 8. The van der Waals surface area contributed by atoms with Crippen molar-refractivity contribution >= 4 is 17.6 Å². The van der Waals surface area contributed by atoms with E-state index in [9.17, 15) is 4.79 Å². The van der Waals surface area contributed by atoms with Gasteiger partial charge in [0.1, 0.15) is 0 Å². The highest BCUT2D eigenvalue weighted by Crippen LogP contribution is 2.42. The molecule has 3 aliphatic rings. The number of hydrogen-bond acceptors (Lipinski definition) is 8. The summed E-state index contributed by atoms with van der Waals surface area (Å²) < 4.78 is 17.0. The van der Waals surface area contributed by atoms with Crippen molar-refractivity contribution in [2.75, 3.05) is 73.2 Å². The minimum atomic E-state index is -0.288. The van der Waals surface area contributed by atoms with Gasteiger partial charge >= 0.3 is 0 Å². The standard InChI is InChI=1S/C30H40N6O4/c1-4-40-27-17-22-23(18-26(27)38-3)28(33-25-9-11-35(2)19-24(22)25)20-5-7-21(8-6-20)29(37)34-30(31)32-10-12-36-13-15-39-16-14-36/h5-8,17-18,24-25H,4,9-16,19H2,1-3H3,(H3,31,32,34,37)/t24-,25-/m1/s1. The quantitative estimate of drug-likeness (QED) is 0.384. The number of amides is 1. The SMILES string of the molecule is CCOc1cc2c(cc1OC)C(c1ccc(C(=O)NC(N)=NCCN3CCOCC3)cc1)=N[C@@H]1CCN(C)C[C@H]21. The number of nitrogens with one attached hydrogen (secondary N) is 1. The number of hydrogen-bond donors (Lipinski definition) is 2. The number of nitrogens with two attached hydrogens (primary N) is 1. The van der Waals surface area contributed by atoms with Gasteiger partial charge in [0.05, 0.1) is 45.2 Å². The van der Waals surface area contributed by atoms with Crippen LogP contribution >= 0.6 is 0 Å². The molecule has 2 atom stereocenters. The van der Waals surface area contributed by atoms with Gasteiger partial charge < -0.3 is 24.8 Å². The Hall–Kier alpha value is -3.47. The highest BCUT2D eigenvalue weighted by molar-refractivity contribution is 6.15. The Balaban J connectivity index is 1.33. The summed E-state index contributed by atoms with van der Waals surface area (Å²) >= 11 is 0. The Morgan fingerprint density at radius 3 is 2.67 bits per heavy atom. The number of carbonyl (C=O) groups excluding carboxylic acids is 1. The van der Waals surface area contributed by atoms with Gasteiger partial charge in [0.2, 0.25) is 0 Å². The first-order valence-electron chi connectivity index (χ1n) is 14.1. The fourth-order valence-electron chi connectivity index (χ4n) is 5.69. The van der Waals surface area contributed by atoms with Crippen LogP contribution in [0.3, 0.4) is 0 Å². The molecule has 0 bridgehead atoms. The molecule has 2 aromatic rings. The van der Waals surface area contributed by atoms with Gasteiger partial charge in [-0.25, -0.2) is 0 Å². The van der Waals surface area contributed by atoms with E-state index < -0.39 is 0 Å². The minimum Gasteiger partial charge on any atom is -0.493 e. The van der Waals surface area contributed by atoms with Crippen molar-refractivity contribution in [1.29, 1.82) is 0 Å². The lowest BCUT2D eigenvalue weighted by Crippen LogP contribution is -2.41. The molecule has 10 heteroatoms. The molecule has 0 aliphatic carbocycles. The first kappa shape index (κ1) is 28.1. The Morgan fingerprint density at radius 1 is 1.18 bits per heavy atom. The molecule has 0 aromatic heterocycles. The minimum absolute atomic E-state index is 0.124. The highest BCUT2D eigenvalue weighted by atomic mass is 16.5. The number of fused-ring (bicyclic) bond motifs is 3. The molecular weight excluding hydrogens is 508 g/mol. The lowest BCUT2D eigenvalue weighted by molar-refractivity contribution is 0.0394. The van der Waals surface area contributed by atoms with Crippen LogP contribution in [0.2, 0.25) is 0 Å². The van der Waals surface area contributed by atoms with Crippen molar-refractivity contribution in [2.45, 2.75) is 25.3 Å². The van der Waals surface area contributed by atoms with E-state index in [0.29, 0.717) is 24.5 Å². The third-order valence-electron chi connectivity index (χ3n) is 7.83. The van der Waals surface area contributed by atoms with E-state index in [4.69, 9.17) is 24.9 Å². The molecule has 3 heterocycles. The first-order valence-corrected chi connectivity index (χ1v) is 14.1. The average Bonchev–Trinajstić information content (AvgIpc) is 2.97. The molecule has 10 nitrogen and oxygen atoms in total. The molecule has 40 heavy (non-hydrogen) atoms. The van der Waals surface area contributed by atoms with Crippen LogP contribution in [-0.2, 0) is 4.74 Å². The van der Waals surface area contributed by atoms with Crippen molar-refractivity contribution in [3.05, 3.63) is 58.7 Å². The summed E-state index contributed by atoms with van der Waals surface area (Å²) in [6, 6.07) is 11.9. The molecule has 1 amide bonds. The zero-order valence-electron chi connectivity index (χ0n) is 23.7. The second-order valence-corrected chi connectivity index (χ2v) is 10.5. The molecule has 3 aliphatic heterocycles. The molecule has 2 aromatic carbocycles. The largest absolute Gasteiger partial charge is 0.493 e. The van der Waals surface area contributed by atoms with Crippen LogP contribution in [0, 0.1) is 0 Å². The van der Waals surface area contributed by atoms with Gasteiger partial charge in [-0.1, -0.05) is 12.1 Å². The molecule has 0 unspecified atom stereocenters. The van der Waals surface area contributed by atoms with Crippen molar-refractivity contribution in [2.24, 2.45) is 15.7 Å². The number of aliphatic imine (C=N–C) groups is 2. The topological polar surface area (TPSA) is 114 Å². The Kier molecular flexibility index (Phi) is 8.98. The lowest BCUT2D eigenvalue weighted by atomic mass is 9.79. The maximum Gasteiger partial charge on any atom is 0.257 e. The molecule has 5 rings (SSSR count). The summed E-state index contributed by atoms with van der Waals surface area (Å²) in [6.07, 6.45) is 0.991. The zero-order chi connectivity index (χ0) is 28.1. The number of ether oxygens (including phenoxy) is 3. The summed E-state index contributed by atoms with van der Waals surface area (Å²) in [5.74, 6) is 1.57. The van der Waals surface area contributed by atoms with Crippen molar-refractivity contribution in [3.8, 4) is 11.5 Å². The number of benzene rings is 2. The number of likely N-dealkylation sites (tertiary alicyclic amines) is 1. The molecular formula is C30H40N6O4. The molecule has 0 saturated carbocycles. The number of piperidine rings is 1. The molecule has 214 valence electrons. The lowest BCUT2D eigenvalue weighted by Gasteiger charge is -2.39. The van der Waals surface area contributed by atoms with Crippen LogP contribution in [0.4, 0.5) is 0 Å². The van der Waals surface area contributed by atoms with E-state index in [1.54, 1.807) is 19.2 Å². The van der Waals surface area contributed by atoms with Crippen LogP contribution < -0.4 is 20.5 Å². The second-order valence-electron chi connectivity index (χ2n) is 10.5. The number of likely N-dealkylation sites (N-methyl/N-ethyl adjacent to an activating group) is 1. The van der Waals surface area contributed by atoms with Crippen LogP contribution in [0.1, 0.15) is 46.3 Å².